The molecule has 5 aromatic heterocycles. The monoisotopic (exact) mass is 1110 g/mol. The Balaban J connectivity index is 0.000000321. The number of aromatic nitrogens is 7. The third kappa shape index (κ3) is 19.3. The molecule has 0 aliphatic rings. The van der Waals surface area contributed by atoms with E-state index in [0.29, 0.717) is 37.2 Å². The molecule has 1 radical (unpaired) electrons. The summed E-state index contributed by atoms with van der Waals surface area (Å²) < 4.78 is 27.5. The number of sulfone groups is 1. The molecule has 0 bridgehead atoms. The second kappa shape index (κ2) is 28.0. The van der Waals surface area contributed by atoms with E-state index in [0.717, 1.165) is 34.0 Å². The van der Waals surface area contributed by atoms with Crippen LogP contribution in [0.25, 0.3) is 22.8 Å². The van der Waals surface area contributed by atoms with Crippen LogP contribution in [0.1, 0.15) is 35.2 Å². The van der Waals surface area contributed by atoms with Gasteiger partial charge in [-0.15, -0.1) is 12.1 Å². The number of benzene rings is 2. The van der Waals surface area contributed by atoms with Crippen molar-refractivity contribution in [2.75, 3.05) is 30.9 Å². The largest absolute Gasteiger partial charge is 0.355 e. The molecular weight excluding hydrogens is 1060 g/mol. The average molecular weight is 1110 g/mol. The average Bonchev–Trinajstić information content (AvgIpc) is 4.06. The molecule has 1 atom stereocenters. The van der Waals surface area contributed by atoms with Crippen molar-refractivity contribution in [3.8, 4) is 22.8 Å². The first-order chi connectivity index (χ1) is 31.0. The number of para-hydroxylation sites is 2. The summed E-state index contributed by atoms with van der Waals surface area (Å²) >= 11 is 0. The molecule has 0 aliphatic carbocycles. The summed E-state index contributed by atoms with van der Waals surface area (Å²) in [6.07, 6.45) is 14.5. The van der Waals surface area contributed by atoms with E-state index in [1.54, 1.807) is 55.7 Å². The third-order valence-electron chi connectivity index (χ3n) is 8.60. The van der Waals surface area contributed by atoms with E-state index >= 15 is 0 Å². The molecule has 7 aromatic rings. The summed E-state index contributed by atoms with van der Waals surface area (Å²) in [6.45, 7) is 2.68. The number of pyridine rings is 3. The van der Waals surface area contributed by atoms with Gasteiger partial charge in [-0.3, -0.25) is 33.7 Å². The van der Waals surface area contributed by atoms with Gasteiger partial charge in [-0.1, -0.05) is 16.9 Å². The van der Waals surface area contributed by atoms with Crippen LogP contribution in [-0.4, -0.2) is 97.5 Å². The summed E-state index contributed by atoms with van der Waals surface area (Å²) in [4.78, 5) is 50.6. The Kier molecular flexibility index (Phi) is 22.3. The summed E-state index contributed by atoms with van der Waals surface area (Å²) in [5, 5.41) is 17.1. The molecule has 19 heteroatoms. The molecule has 2 aromatic carbocycles. The van der Waals surface area contributed by atoms with Crippen LogP contribution in [0.3, 0.4) is 0 Å². The smallest absolute Gasteiger partial charge is 0.252 e. The van der Waals surface area contributed by atoms with Crippen molar-refractivity contribution in [1.29, 1.82) is 0 Å². The van der Waals surface area contributed by atoms with Crippen molar-refractivity contribution in [2.45, 2.75) is 37.3 Å². The van der Waals surface area contributed by atoms with Crippen LogP contribution in [0.5, 0.6) is 0 Å². The Morgan fingerprint density at radius 3 is 1.94 bits per heavy atom. The molecule has 0 fully saturated rings. The van der Waals surface area contributed by atoms with E-state index in [-0.39, 0.29) is 38.1 Å². The summed E-state index contributed by atoms with van der Waals surface area (Å²) in [5.41, 5.74) is 4.20. The molecule has 3 amide bonds. The minimum Gasteiger partial charge on any atom is -0.355 e. The molecule has 0 aliphatic heterocycles. The number of aryl methyl sites for hydroxylation is 1. The first kappa shape index (κ1) is 51.7. The zero-order valence-electron chi connectivity index (χ0n) is 35.6. The summed E-state index contributed by atoms with van der Waals surface area (Å²) in [7, 11) is -0.427. The molecule has 0 spiro atoms. The quantitative estimate of drug-likeness (QED) is 0.0503. The van der Waals surface area contributed by atoms with Crippen LogP contribution in [0.15, 0.2) is 152 Å². The van der Waals surface area contributed by atoms with E-state index in [2.05, 4.69) is 53.2 Å². The number of unbranched alkanes of at least 4 members (excludes halogenated alkanes) is 1. The first-order valence-electron chi connectivity index (χ1n) is 20.1. The second-order valence-corrected chi connectivity index (χ2v) is 18.5. The molecule has 5 heterocycles. The van der Waals surface area contributed by atoms with Gasteiger partial charge in [0.25, 0.3) is 5.91 Å². The van der Waals surface area contributed by atoms with Crippen molar-refractivity contribution in [3.63, 3.8) is 0 Å². The van der Waals surface area contributed by atoms with Crippen LogP contribution in [0, 0.1) is 19.1 Å². The first-order valence-corrected chi connectivity index (χ1v) is 24.5. The standard InChI is InChI=1S/C28H34N6O5S3.2C9H7N2.Ir/c1-20-9-13-29-22(17-20)23-18-21(10-14-30-23)27(36)34-24(19-42(2,38)39)28(37)33-12-5-3-7-25(35)31-15-16-40-41-26-8-4-6-11-32-26;2*1-2-5-9(6-3-1)11-8-4-7-10-11;/h4,6,8-11,13-14,17-18,24H,3,5,7,12,15-16,19H2,1-2H3,(H,31,35)(H,33,37)(H,34,36);2*1-5,7-8H;/q;2*-1;. The topological polar surface area (TPSA) is 196 Å². The number of nitrogens with zero attached hydrogens (tertiary/aromatic N) is 7. The Morgan fingerprint density at radius 2 is 1.37 bits per heavy atom. The molecule has 0 saturated carbocycles. The zero-order chi connectivity index (χ0) is 45.4. The molecule has 341 valence electrons. The van der Waals surface area contributed by atoms with Crippen LogP contribution in [0.4, 0.5) is 0 Å². The Morgan fingerprint density at radius 1 is 0.723 bits per heavy atom. The van der Waals surface area contributed by atoms with Gasteiger partial charge >= 0.3 is 0 Å². The predicted molar refractivity (Wildman–Crippen MR) is 250 cm³/mol. The van der Waals surface area contributed by atoms with Gasteiger partial charge in [-0.05, 0) is 96.0 Å². The zero-order valence-corrected chi connectivity index (χ0v) is 40.5. The Bertz CT molecular complexity index is 2510. The Hall–Kier alpha value is -5.98. The SMILES string of the molecule is Cc1ccnc(-c2cc(C(=O)NC(CS(C)(=O)=O)C(=O)NCCCCC(=O)NCCSSc3ccccn3)ccn2)c1.[Ir].[c-]1ccccc1-n1cccn1.[c-]1ccccc1-n1cccn1. The van der Waals surface area contributed by atoms with Gasteiger partial charge in [-0.25, -0.2) is 13.4 Å². The van der Waals surface area contributed by atoms with E-state index in [9.17, 15) is 22.8 Å². The van der Waals surface area contributed by atoms with E-state index in [4.69, 9.17) is 0 Å². The molecule has 7 rings (SSSR count). The van der Waals surface area contributed by atoms with Gasteiger partial charge < -0.3 is 16.0 Å². The van der Waals surface area contributed by atoms with Gasteiger partial charge in [0.1, 0.15) is 20.9 Å². The second-order valence-electron chi connectivity index (χ2n) is 13.8. The summed E-state index contributed by atoms with van der Waals surface area (Å²) in [5.74, 6) is -1.12. The Labute approximate surface area is 400 Å². The molecule has 1 unspecified atom stereocenters. The fraction of sp³-hybridized carbons (Fsp3) is 0.217. The van der Waals surface area contributed by atoms with Gasteiger partial charge in [-0.2, -0.15) is 58.7 Å². The maximum absolute atomic E-state index is 13.0. The number of carbonyl (C=O) groups is 3. The summed E-state index contributed by atoms with van der Waals surface area (Å²) in [6, 6.07) is 36.5. The number of hydrogen-bond acceptors (Lipinski definition) is 12. The van der Waals surface area contributed by atoms with Crippen molar-refractivity contribution < 1.29 is 42.9 Å². The minimum absolute atomic E-state index is 0. The van der Waals surface area contributed by atoms with Crippen molar-refractivity contribution in [2.24, 2.45) is 0 Å². The van der Waals surface area contributed by atoms with Gasteiger partial charge in [0, 0.05) is 101 Å². The fourth-order valence-electron chi connectivity index (χ4n) is 5.55. The number of hydrogen-bond donors (Lipinski definition) is 3. The van der Waals surface area contributed by atoms with Gasteiger partial charge in [0.2, 0.25) is 11.8 Å². The van der Waals surface area contributed by atoms with E-state index in [1.807, 2.05) is 110 Å². The van der Waals surface area contributed by atoms with Crippen molar-refractivity contribution in [3.05, 3.63) is 170 Å². The maximum Gasteiger partial charge on any atom is 0.252 e. The van der Waals surface area contributed by atoms with E-state index < -0.39 is 33.4 Å². The third-order valence-corrected chi connectivity index (χ3v) is 11.8. The molecule has 0 saturated heterocycles. The van der Waals surface area contributed by atoms with Crippen LogP contribution in [-0.2, 0) is 39.5 Å². The molecule has 3 N–H and O–H groups in total. The predicted octanol–water partition coefficient (Wildman–Crippen LogP) is 6.18. The minimum atomic E-state index is -3.59. The number of carbonyl (C=O) groups excluding carboxylic acids is 3. The fourth-order valence-corrected chi connectivity index (χ4v) is 8.18. The van der Waals surface area contributed by atoms with Crippen LogP contribution in [0.2, 0.25) is 0 Å². The van der Waals surface area contributed by atoms with Gasteiger partial charge in [0.05, 0.1) is 17.1 Å². The van der Waals surface area contributed by atoms with Gasteiger partial charge in [0.15, 0.2) is 0 Å². The van der Waals surface area contributed by atoms with Crippen molar-refractivity contribution in [1.82, 2.24) is 50.5 Å². The van der Waals surface area contributed by atoms with Crippen LogP contribution < -0.4 is 16.0 Å². The number of rotatable bonds is 18. The molecule has 65 heavy (non-hydrogen) atoms. The van der Waals surface area contributed by atoms with E-state index in [1.165, 1.54) is 18.3 Å². The molecular formula is C46H48IrN10O5S3-2. The van der Waals surface area contributed by atoms with Crippen molar-refractivity contribution >= 4 is 49.1 Å². The maximum atomic E-state index is 13.0. The molecule has 15 nitrogen and oxygen atoms in total. The number of amides is 3. The normalized spacial score (nSPS) is 11.0. The number of nitrogens with one attached hydrogen (secondary N) is 3. The van der Waals surface area contributed by atoms with Crippen LogP contribution >= 0.6 is 21.6 Å².